The van der Waals surface area contributed by atoms with Gasteiger partial charge in [-0.25, -0.2) is 0 Å². The maximum absolute atomic E-state index is 14.2. The number of aromatic nitrogens is 1. The SMILES string of the molecule is COc1ccc(-c2ccc(N3C(=O)C4(CCN(Cc5ncccc5C)CC4)c4ccccc43)cc2)cc1. The predicted molar refractivity (Wildman–Crippen MR) is 147 cm³/mol. The van der Waals surface area contributed by atoms with Crippen LogP contribution >= 0.6 is 0 Å². The van der Waals surface area contributed by atoms with E-state index in [1.807, 2.05) is 35.4 Å². The number of amides is 1. The standard InChI is InChI=1S/C32H31N3O2/c1-23-6-5-19-33-29(23)22-34-20-17-32(18-21-34)28-7-3-4-8-30(28)35(31(32)36)26-13-9-24(10-14-26)25-11-15-27(37-2)16-12-25/h3-16,19H,17-18,20-22H2,1-2H3. The van der Waals surface area contributed by atoms with Gasteiger partial charge in [0.25, 0.3) is 0 Å². The van der Waals surface area contributed by atoms with E-state index in [0.29, 0.717) is 0 Å². The predicted octanol–water partition coefficient (Wildman–Crippen LogP) is 6.28. The molecule has 1 saturated heterocycles. The molecule has 2 aliphatic heterocycles. The van der Waals surface area contributed by atoms with E-state index in [1.165, 1.54) is 5.56 Å². The molecule has 0 atom stereocenters. The van der Waals surface area contributed by atoms with E-state index < -0.39 is 5.41 Å². The van der Waals surface area contributed by atoms with Crippen molar-refractivity contribution < 1.29 is 9.53 Å². The minimum Gasteiger partial charge on any atom is -0.497 e. The van der Waals surface area contributed by atoms with E-state index in [0.717, 1.165) is 72.0 Å². The van der Waals surface area contributed by atoms with Crippen LogP contribution in [0.25, 0.3) is 11.1 Å². The molecule has 0 unspecified atom stereocenters. The van der Waals surface area contributed by atoms with E-state index in [1.54, 1.807) is 7.11 Å². The number of hydrogen-bond acceptors (Lipinski definition) is 4. The monoisotopic (exact) mass is 489 g/mol. The molecule has 3 aromatic carbocycles. The van der Waals surface area contributed by atoms with Crippen molar-refractivity contribution in [3.63, 3.8) is 0 Å². The lowest BCUT2D eigenvalue weighted by atomic mass is 9.73. The average Bonchev–Trinajstić information content (AvgIpc) is 3.18. The summed E-state index contributed by atoms with van der Waals surface area (Å²) in [6.07, 6.45) is 3.49. The van der Waals surface area contributed by atoms with Gasteiger partial charge >= 0.3 is 0 Å². The maximum Gasteiger partial charge on any atom is 0.242 e. The van der Waals surface area contributed by atoms with Gasteiger partial charge in [-0.2, -0.15) is 0 Å². The summed E-state index contributed by atoms with van der Waals surface area (Å²) < 4.78 is 5.28. The molecule has 2 aliphatic rings. The zero-order chi connectivity index (χ0) is 25.4. The lowest BCUT2D eigenvalue weighted by Gasteiger charge is -2.38. The van der Waals surface area contributed by atoms with E-state index in [2.05, 4.69) is 77.5 Å². The highest BCUT2D eigenvalue weighted by atomic mass is 16.5. The average molecular weight is 490 g/mol. The fraction of sp³-hybridized carbons (Fsp3) is 0.250. The highest BCUT2D eigenvalue weighted by Crippen LogP contribution is 2.50. The van der Waals surface area contributed by atoms with Crippen LogP contribution in [-0.4, -0.2) is 36.0 Å². The summed E-state index contributed by atoms with van der Waals surface area (Å²) in [6, 6.07) is 28.8. The lowest BCUT2D eigenvalue weighted by molar-refractivity contribution is -0.124. The van der Waals surface area contributed by atoms with Gasteiger partial charge in [-0.1, -0.05) is 48.5 Å². The first-order valence-corrected chi connectivity index (χ1v) is 12.9. The van der Waals surface area contributed by atoms with Crippen LogP contribution in [0.15, 0.2) is 91.1 Å². The molecule has 1 amide bonds. The smallest absolute Gasteiger partial charge is 0.242 e. The molecule has 1 spiro atoms. The van der Waals surface area contributed by atoms with Crippen LogP contribution in [0.5, 0.6) is 5.75 Å². The molecular weight excluding hydrogens is 458 g/mol. The highest BCUT2D eigenvalue weighted by Gasteiger charge is 2.52. The Kier molecular flexibility index (Phi) is 6.01. The fourth-order valence-electron chi connectivity index (χ4n) is 5.83. The van der Waals surface area contributed by atoms with Crippen LogP contribution in [0.4, 0.5) is 11.4 Å². The third-order valence-electron chi connectivity index (χ3n) is 8.02. The number of hydrogen-bond donors (Lipinski definition) is 0. The largest absolute Gasteiger partial charge is 0.497 e. The first-order chi connectivity index (χ1) is 18.1. The van der Waals surface area contributed by atoms with Crippen molar-refractivity contribution >= 4 is 17.3 Å². The Balaban J connectivity index is 1.25. The summed E-state index contributed by atoms with van der Waals surface area (Å²) in [4.78, 5) is 23.1. The molecule has 37 heavy (non-hydrogen) atoms. The number of methoxy groups -OCH3 is 1. The third kappa shape index (κ3) is 4.09. The maximum atomic E-state index is 14.2. The summed E-state index contributed by atoms with van der Waals surface area (Å²) in [5, 5.41) is 0. The minimum absolute atomic E-state index is 0.194. The van der Waals surface area contributed by atoms with Crippen molar-refractivity contribution in [3.8, 4) is 16.9 Å². The number of piperidine rings is 1. The van der Waals surface area contributed by atoms with Crippen LogP contribution in [0.3, 0.4) is 0 Å². The fourth-order valence-corrected chi connectivity index (χ4v) is 5.83. The Morgan fingerprint density at radius 2 is 1.54 bits per heavy atom. The van der Waals surface area contributed by atoms with Crippen molar-refractivity contribution in [1.82, 2.24) is 9.88 Å². The Bertz CT molecular complexity index is 1420. The molecule has 0 N–H and O–H groups in total. The number of anilines is 2. The van der Waals surface area contributed by atoms with Crippen LogP contribution in [0.2, 0.25) is 0 Å². The van der Waals surface area contributed by atoms with E-state index in [-0.39, 0.29) is 5.91 Å². The summed E-state index contributed by atoms with van der Waals surface area (Å²) in [5.41, 5.74) is 7.18. The van der Waals surface area contributed by atoms with Crippen LogP contribution in [0, 0.1) is 6.92 Å². The number of aryl methyl sites for hydroxylation is 1. The van der Waals surface area contributed by atoms with Gasteiger partial charge in [0.05, 0.1) is 23.9 Å². The van der Waals surface area contributed by atoms with Gasteiger partial charge in [0, 0.05) is 18.4 Å². The zero-order valence-corrected chi connectivity index (χ0v) is 21.4. The minimum atomic E-state index is -0.471. The topological polar surface area (TPSA) is 45.7 Å². The van der Waals surface area contributed by atoms with Gasteiger partial charge in [0.2, 0.25) is 5.91 Å². The number of fused-ring (bicyclic) bond motifs is 2. The third-order valence-corrected chi connectivity index (χ3v) is 8.02. The number of nitrogens with zero attached hydrogens (tertiary/aromatic N) is 3. The summed E-state index contributed by atoms with van der Waals surface area (Å²) in [5.74, 6) is 1.03. The van der Waals surface area contributed by atoms with Gasteiger partial charge in [0.1, 0.15) is 5.75 Å². The molecule has 3 heterocycles. The number of rotatable bonds is 5. The molecule has 4 aromatic rings. The molecule has 0 bridgehead atoms. The molecule has 5 heteroatoms. The molecule has 6 rings (SSSR count). The van der Waals surface area contributed by atoms with Gasteiger partial charge in [0.15, 0.2) is 0 Å². The van der Waals surface area contributed by atoms with Crippen molar-refractivity contribution in [1.29, 1.82) is 0 Å². The summed E-state index contributed by atoms with van der Waals surface area (Å²) in [7, 11) is 1.67. The molecule has 0 aliphatic carbocycles. The van der Waals surface area contributed by atoms with Gasteiger partial charge < -0.3 is 4.74 Å². The highest BCUT2D eigenvalue weighted by molar-refractivity contribution is 6.13. The molecule has 5 nitrogen and oxygen atoms in total. The molecule has 186 valence electrons. The second-order valence-corrected chi connectivity index (χ2v) is 10.1. The van der Waals surface area contributed by atoms with Crippen LogP contribution in [0.1, 0.15) is 29.7 Å². The van der Waals surface area contributed by atoms with Crippen molar-refractivity contribution in [2.24, 2.45) is 0 Å². The Labute approximate surface area is 218 Å². The molecule has 1 fully saturated rings. The van der Waals surface area contributed by atoms with E-state index in [4.69, 9.17) is 4.74 Å². The Morgan fingerprint density at radius 3 is 2.22 bits per heavy atom. The Morgan fingerprint density at radius 1 is 0.865 bits per heavy atom. The summed E-state index contributed by atoms with van der Waals surface area (Å²) in [6.45, 7) is 4.69. The number of pyridine rings is 1. The number of carbonyl (C=O) groups excluding carboxylic acids is 1. The van der Waals surface area contributed by atoms with Gasteiger partial charge in [-0.05, 0) is 91.5 Å². The van der Waals surface area contributed by atoms with E-state index >= 15 is 0 Å². The van der Waals surface area contributed by atoms with Crippen molar-refractivity contribution in [3.05, 3.63) is 108 Å². The number of benzene rings is 3. The second kappa shape index (κ2) is 9.49. The lowest BCUT2D eigenvalue weighted by Crippen LogP contribution is -2.47. The molecular formula is C32H31N3O2. The number of ether oxygens (including phenoxy) is 1. The van der Waals surface area contributed by atoms with E-state index in [9.17, 15) is 4.79 Å². The quantitative estimate of drug-likeness (QED) is 0.331. The number of carbonyl (C=O) groups is 1. The van der Waals surface area contributed by atoms with Crippen LogP contribution in [-0.2, 0) is 16.8 Å². The second-order valence-electron chi connectivity index (χ2n) is 10.1. The van der Waals surface area contributed by atoms with Gasteiger partial charge in [-0.15, -0.1) is 0 Å². The Hall–Kier alpha value is -3.96. The zero-order valence-electron chi connectivity index (χ0n) is 21.4. The first-order valence-electron chi connectivity index (χ1n) is 12.9. The summed E-state index contributed by atoms with van der Waals surface area (Å²) >= 11 is 0. The number of likely N-dealkylation sites (tertiary alicyclic amines) is 1. The van der Waals surface area contributed by atoms with Crippen molar-refractivity contribution in [2.75, 3.05) is 25.1 Å². The molecule has 0 radical (unpaired) electrons. The number of para-hydroxylation sites is 1. The van der Waals surface area contributed by atoms with Gasteiger partial charge in [-0.3, -0.25) is 19.6 Å². The van der Waals surface area contributed by atoms with Crippen LogP contribution < -0.4 is 9.64 Å². The first kappa shape index (κ1) is 23.4. The molecule has 1 aromatic heterocycles. The van der Waals surface area contributed by atoms with Crippen molar-refractivity contribution in [2.45, 2.75) is 31.7 Å². The normalized spacial score (nSPS) is 16.7. The molecule has 0 saturated carbocycles.